The molecule has 0 heterocycles. The maximum absolute atomic E-state index is 12.3. The predicted octanol–water partition coefficient (Wildman–Crippen LogP) is 3.06. The van der Waals surface area contributed by atoms with Crippen LogP contribution in [0.5, 0.6) is 0 Å². The molecule has 2 rings (SSSR count). The van der Waals surface area contributed by atoms with E-state index in [2.05, 4.69) is 4.72 Å². The second-order valence-corrected chi connectivity index (χ2v) is 7.28. The normalized spacial score (nSPS) is 11.2. The van der Waals surface area contributed by atoms with Gasteiger partial charge in [0.1, 0.15) is 0 Å². The zero-order valence-electron chi connectivity index (χ0n) is 13.3. The largest absolute Gasteiger partial charge is 0.313 e. The van der Waals surface area contributed by atoms with Gasteiger partial charge in [-0.15, -0.1) is 0 Å². The molecule has 0 saturated heterocycles. The van der Waals surface area contributed by atoms with Crippen molar-refractivity contribution >= 4 is 33.2 Å². The van der Waals surface area contributed by atoms with E-state index in [-0.39, 0.29) is 23.8 Å². The number of hydrogen-bond donors (Lipinski definition) is 1. The first-order chi connectivity index (χ1) is 11.4. The van der Waals surface area contributed by atoms with Crippen molar-refractivity contribution in [2.24, 2.45) is 0 Å². The molecule has 0 aromatic heterocycles. The van der Waals surface area contributed by atoms with Crippen molar-refractivity contribution in [1.29, 1.82) is 0 Å². The Hall–Kier alpha value is -1.89. The fourth-order valence-corrected chi connectivity index (χ4v) is 3.59. The highest BCUT2D eigenvalue weighted by molar-refractivity contribution is 7.89. The molecule has 0 radical (unpaired) electrons. The lowest BCUT2D eigenvalue weighted by molar-refractivity contribution is -0.118. The van der Waals surface area contributed by atoms with Gasteiger partial charge in [0.25, 0.3) is 0 Å². The molecule has 0 unspecified atom stereocenters. The average molecular weight is 367 g/mol. The van der Waals surface area contributed by atoms with Crippen LogP contribution < -0.4 is 9.62 Å². The standard InChI is InChI=1S/C17H19ClN2O3S/c1-2-20(15-8-4-3-5-9-15)17(21)11-12-19-24(22,23)16-10-6-7-14(18)13-16/h3-10,13,19H,2,11-12H2,1H3. The molecule has 1 N–H and O–H groups in total. The van der Waals surface area contributed by atoms with Crippen LogP contribution in [0.4, 0.5) is 5.69 Å². The van der Waals surface area contributed by atoms with Crippen LogP contribution in [0.3, 0.4) is 0 Å². The van der Waals surface area contributed by atoms with Crippen LogP contribution in [0.25, 0.3) is 0 Å². The first kappa shape index (κ1) is 18.4. The minimum Gasteiger partial charge on any atom is -0.313 e. The Morgan fingerprint density at radius 3 is 2.46 bits per heavy atom. The van der Waals surface area contributed by atoms with Crippen molar-refractivity contribution in [3.63, 3.8) is 0 Å². The number of rotatable bonds is 7. The maximum Gasteiger partial charge on any atom is 0.240 e. The van der Waals surface area contributed by atoms with Crippen LogP contribution in [-0.4, -0.2) is 27.4 Å². The van der Waals surface area contributed by atoms with Crippen molar-refractivity contribution in [2.45, 2.75) is 18.2 Å². The molecule has 24 heavy (non-hydrogen) atoms. The second kappa shape index (κ2) is 8.28. The van der Waals surface area contributed by atoms with Gasteiger partial charge in [-0.25, -0.2) is 13.1 Å². The summed E-state index contributed by atoms with van der Waals surface area (Å²) in [7, 11) is -3.68. The molecule has 0 bridgehead atoms. The summed E-state index contributed by atoms with van der Waals surface area (Å²) >= 11 is 5.81. The Morgan fingerprint density at radius 2 is 1.83 bits per heavy atom. The third-order valence-electron chi connectivity index (χ3n) is 3.42. The third-order valence-corrected chi connectivity index (χ3v) is 5.12. The molecule has 0 spiro atoms. The highest BCUT2D eigenvalue weighted by Gasteiger charge is 2.17. The molecule has 128 valence electrons. The van der Waals surface area contributed by atoms with Crippen molar-refractivity contribution in [3.8, 4) is 0 Å². The van der Waals surface area contributed by atoms with E-state index in [1.54, 1.807) is 17.0 Å². The summed E-state index contributed by atoms with van der Waals surface area (Å²) in [4.78, 5) is 14.0. The summed E-state index contributed by atoms with van der Waals surface area (Å²) in [5.41, 5.74) is 0.794. The molecule has 2 aromatic rings. The fraction of sp³-hybridized carbons (Fsp3) is 0.235. The Morgan fingerprint density at radius 1 is 1.12 bits per heavy atom. The van der Waals surface area contributed by atoms with Crippen LogP contribution in [0.15, 0.2) is 59.5 Å². The third kappa shape index (κ3) is 4.80. The number of para-hydroxylation sites is 1. The Balaban J connectivity index is 1.96. The van der Waals surface area contributed by atoms with Crippen LogP contribution in [-0.2, 0) is 14.8 Å². The zero-order valence-corrected chi connectivity index (χ0v) is 14.8. The molecular weight excluding hydrogens is 348 g/mol. The molecule has 0 atom stereocenters. The number of amides is 1. The van der Waals surface area contributed by atoms with Gasteiger partial charge in [0.05, 0.1) is 4.90 Å². The molecule has 7 heteroatoms. The Bertz CT molecular complexity index is 794. The molecule has 0 aliphatic carbocycles. The van der Waals surface area contributed by atoms with E-state index in [0.717, 1.165) is 5.69 Å². The van der Waals surface area contributed by atoms with Crippen LogP contribution >= 0.6 is 11.6 Å². The lowest BCUT2D eigenvalue weighted by Gasteiger charge is -2.21. The SMILES string of the molecule is CCN(C(=O)CCNS(=O)(=O)c1cccc(Cl)c1)c1ccccc1. The van der Waals surface area contributed by atoms with Gasteiger partial charge in [-0.3, -0.25) is 4.79 Å². The number of sulfonamides is 1. The van der Waals surface area contributed by atoms with E-state index < -0.39 is 10.0 Å². The molecule has 2 aromatic carbocycles. The van der Waals surface area contributed by atoms with Crippen LogP contribution in [0, 0.1) is 0 Å². The average Bonchev–Trinajstić information content (AvgIpc) is 2.56. The van der Waals surface area contributed by atoms with Gasteiger partial charge in [-0.2, -0.15) is 0 Å². The van der Waals surface area contributed by atoms with Crippen molar-refractivity contribution in [1.82, 2.24) is 4.72 Å². The minimum atomic E-state index is -3.68. The lowest BCUT2D eigenvalue weighted by Crippen LogP contribution is -2.34. The topological polar surface area (TPSA) is 66.5 Å². The van der Waals surface area contributed by atoms with Gasteiger partial charge >= 0.3 is 0 Å². The number of anilines is 1. The monoisotopic (exact) mass is 366 g/mol. The van der Waals surface area contributed by atoms with Gasteiger partial charge in [-0.05, 0) is 37.3 Å². The van der Waals surface area contributed by atoms with Gasteiger partial charge in [-0.1, -0.05) is 35.9 Å². The predicted molar refractivity (Wildman–Crippen MR) is 95.7 cm³/mol. The van der Waals surface area contributed by atoms with Gasteiger partial charge in [0.15, 0.2) is 0 Å². The van der Waals surface area contributed by atoms with Crippen LogP contribution in [0.1, 0.15) is 13.3 Å². The number of carbonyl (C=O) groups is 1. The summed E-state index contributed by atoms with van der Waals surface area (Å²) in [5.74, 6) is -0.141. The van der Waals surface area contributed by atoms with Crippen molar-refractivity contribution in [2.75, 3.05) is 18.0 Å². The van der Waals surface area contributed by atoms with E-state index in [4.69, 9.17) is 11.6 Å². The zero-order chi connectivity index (χ0) is 17.6. The molecule has 0 saturated carbocycles. The first-order valence-corrected chi connectivity index (χ1v) is 9.41. The summed E-state index contributed by atoms with van der Waals surface area (Å²) in [6.07, 6.45) is 0.0720. The minimum absolute atomic E-state index is 0.0248. The van der Waals surface area contributed by atoms with Crippen molar-refractivity contribution in [3.05, 3.63) is 59.6 Å². The van der Waals surface area contributed by atoms with E-state index >= 15 is 0 Å². The number of nitrogens with zero attached hydrogens (tertiary/aromatic N) is 1. The number of nitrogens with one attached hydrogen (secondary N) is 1. The van der Waals surface area contributed by atoms with Gasteiger partial charge in [0, 0.05) is 30.2 Å². The number of carbonyl (C=O) groups excluding carboxylic acids is 1. The second-order valence-electron chi connectivity index (χ2n) is 5.08. The molecule has 1 amide bonds. The molecule has 5 nitrogen and oxygen atoms in total. The van der Waals surface area contributed by atoms with E-state index in [1.165, 1.54) is 12.1 Å². The number of halogens is 1. The smallest absolute Gasteiger partial charge is 0.240 e. The first-order valence-electron chi connectivity index (χ1n) is 7.54. The summed E-state index contributed by atoms with van der Waals surface area (Å²) < 4.78 is 26.8. The quantitative estimate of drug-likeness (QED) is 0.818. The van der Waals surface area contributed by atoms with E-state index in [0.29, 0.717) is 11.6 Å². The highest BCUT2D eigenvalue weighted by Crippen LogP contribution is 2.16. The van der Waals surface area contributed by atoms with Crippen molar-refractivity contribution < 1.29 is 13.2 Å². The van der Waals surface area contributed by atoms with Gasteiger partial charge < -0.3 is 4.90 Å². The number of benzene rings is 2. The van der Waals surface area contributed by atoms with E-state index in [9.17, 15) is 13.2 Å². The number of hydrogen-bond acceptors (Lipinski definition) is 3. The van der Waals surface area contributed by atoms with Crippen LogP contribution in [0.2, 0.25) is 5.02 Å². The summed E-state index contributed by atoms with van der Waals surface area (Å²) in [5, 5.41) is 0.343. The lowest BCUT2D eigenvalue weighted by atomic mass is 10.2. The summed E-state index contributed by atoms with van der Waals surface area (Å²) in [6.45, 7) is 2.42. The highest BCUT2D eigenvalue weighted by atomic mass is 35.5. The molecular formula is C17H19ClN2O3S. The molecule has 0 aliphatic heterocycles. The van der Waals surface area contributed by atoms with Gasteiger partial charge in [0.2, 0.25) is 15.9 Å². The fourth-order valence-electron chi connectivity index (χ4n) is 2.26. The molecule has 0 aliphatic rings. The summed E-state index contributed by atoms with van der Waals surface area (Å²) in [6, 6.07) is 15.3. The Kier molecular flexibility index (Phi) is 6.36. The maximum atomic E-state index is 12.3. The molecule has 0 fully saturated rings. The Labute approximate surface area is 147 Å². The van der Waals surface area contributed by atoms with E-state index in [1.807, 2.05) is 37.3 Å².